The first kappa shape index (κ1) is 20.3. The van der Waals surface area contributed by atoms with Gasteiger partial charge in [-0.15, -0.1) is 0 Å². The smallest absolute Gasteiger partial charge is 0.251 e. The molecule has 3 aromatic carbocycles. The van der Waals surface area contributed by atoms with E-state index in [9.17, 15) is 13.2 Å². The molecule has 8 heteroatoms. The number of benzene rings is 3. The highest BCUT2D eigenvalue weighted by atomic mass is 32.2. The Morgan fingerprint density at radius 2 is 1.69 bits per heavy atom. The van der Waals surface area contributed by atoms with Gasteiger partial charge in [-0.1, -0.05) is 42.5 Å². The summed E-state index contributed by atoms with van der Waals surface area (Å²) in [6.07, 6.45) is 2.09. The molecule has 162 valence electrons. The Kier molecular flexibility index (Phi) is 5.16. The molecule has 5 rings (SSSR count). The predicted octanol–water partition coefficient (Wildman–Crippen LogP) is 3.54. The molecule has 2 heterocycles. The summed E-state index contributed by atoms with van der Waals surface area (Å²) in [5, 5.41) is 7.30. The maximum Gasteiger partial charge on any atom is 0.251 e. The van der Waals surface area contributed by atoms with Crippen molar-refractivity contribution in [2.45, 2.75) is 17.5 Å². The minimum absolute atomic E-state index is 0.168. The van der Waals surface area contributed by atoms with Gasteiger partial charge in [0.25, 0.3) is 5.91 Å². The molecule has 0 saturated heterocycles. The molecule has 7 nitrogen and oxygen atoms in total. The van der Waals surface area contributed by atoms with Crippen LogP contribution in [0.5, 0.6) is 0 Å². The summed E-state index contributed by atoms with van der Waals surface area (Å²) in [5.41, 5.74) is 4.03. The quantitative estimate of drug-likeness (QED) is 0.376. The summed E-state index contributed by atoms with van der Waals surface area (Å²) >= 11 is 0. The van der Waals surface area contributed by atoms with Crippen molar-refractivity contribution in [1.82, 2.24) is 15.0 Å². The Labute approximate surface area is 185 Å². The lowest BCUT2D eigenvalue weighted by atomic mass is 10.1. The SMILES string of the molecule is O=C(NCCc1c[nH]c2ccccc12)c1ccc([C@@H]2Nc3ccccc3S(=O)(=O)N2)cc1. The van der Waals surface area contributed by atoms with Gasteiger partial charge in [-0.2, -0.15) is 4.72 Å². The van der Waals surface area contributed by atoms with Crippen LogP contribution in [-0.2, 0) is 16.4 Å². The molecule has 0 aliphatic carbocycles. The van der Waals surface area contributed by atoms with Gasteiger partial charge >= 0.3 is 0 Å². The number of sulfonamides is 1. The minimum Gasteiger partial charge on any atom is -0.364 e. The summed E-state index contributed by atoms with van der Waals surface area (Å²) in [7, 11) is -3.61. The molecule has 0 spiro atoms. The Morgan fingerprint density at radius 3 is 2.53 bits per heavy atom. The number of hydrogen-bond acceptors (Lipinski definition) is 4. The molecule has 0 radical (unpaired) electrons. The molecular weight excluding hydrogens is 424 g/mol. The Bertz CT molecular complexity index is 1390. The second-order valence-electron chi connectivity index (χ2n) is 7.68. The average molecular weight is 447 g/mol. The van der Waals surface area contributed by atoms with Crippen LogP contribution in [0.3, 0.4) is 0 Å². The average Bonchev–Trinajstić information content (AvgIpc) is 3.22. The van der Waals surface area contributed by atoms with E-state index in [0.717, 1.165) is 28.5 Å². The number of rotatable bonds is 5. The molecule has 1 aliphatic heterocycles. The lowest BCUT2D eigenvalue weighted by Crippen LogP contribution is -2.38. The number of anilines is 1. The van der Waals surface area contributed by atoms with E-state index in [-0.39, 0.29) is 10.8 Å². The van der Waals surface area contributed by atoms with Gasteiger partial charge in [0.05, 0.1) is 5.69 Å². The number of aromatic nitrogens is 1. The van der Waals surface area contributed by atoms with Gasteiger partial charge in [-0.05, 0) is 47.9 Å². The number of hydrogen-bond donors (Lipinski definition) is 4. The first-order valence-corrected chi connectivity index (χ1v) is 11.8. The van der Waals surface area contributed by atoms with Crippen molar-refractivity contribution in [1.29, 1.82) is 0 Å². The van der Waals surface area contributed by atoms with Gasteiger partial charge in [0, 0.05) is 29.2 Å². The molecule has 1 atom stereocenters. The fourth-order valence-electron chi connectivity index (χ4n) is 3.95. The number of carbonyl (C=O) groups excluding carboxylic acids is 1. The normalized spacial score (nSPS) is 16.8. The minimum atomic E-state index is -3.61. The maximum atomic E-state index is 12.5. The highest BCUT2D eigenvalue weighted by molar-refractivity contribution is 7.89. The molecule has 1 aliphatic rings. The fourth-order valence-corrected chi connectivity index (χ4v) is 5.26. The van der Waals surface area contributed by atoms with E-state index >= 15 is 0 Å². The number of fused-ring (bicyclic) bond motifs is 2. The van der Waals surface area contributed by atoms with Gasteiger partial charge in [-0.25, -0.2) is 8.42 Å². The molecule has 0 fully saturated rings. The van der Waals surface area contributed by atoms with Crippen molar-refractivity contribution in [3.63, 3.8) is 0 Å². The lowest BCUT2D eigenvalue weighted by Gasteiger charge is -2.28. The molecular formula is C24H22N4O3S. The van der Waals surface area contributed by atoms with Crippen LogP contribution >= 0.6 is 0 Å². The number of amides is 1. The fraction of sp³-hybridized carbons (Fsp3) is 0.125. The molecule has 32 heavy (non-hydrogen) atoms. The summed E-state index contributed by atoms with van der Waals surface area (Å²) in [4.78, 5) is 16.0. The Morgan fingerprint density at radius 1 is 0.938 bits per heavy atom. The molecule has 0 saturated carbocycles. The largest absolute Gasteiger partial charge is 0.364 e. The molecule has 1 amide bonds. The van der Waals surface area contributed by atoms with Gasteiger partial charge in [0.1, 0.15) is 11.1 Å². The van der Waals surface area contributed by atoms with Crippen LogP contribution in [0.2, 0.25) is 0 Å². The molecule has 4 aromatic rings. The number of para-hydroxylation sites is 2. The second-order valence-corrected chi connectivity index (χ2v) is 9.36. The van der Waals surface area contributed by atoms with Crippen molar-refractivity contribution in [2.75, 3.05) is 11.9 Å². The first-order chi connectivity index (χ1) is 15.5. The van der Waals surface area contributed by atoms with E-state index in [0.29, 0.717) is 17.8 Å². The van der Waals surface area contributed by atoms with Gasteiger partial charge < -0.3 is 15.6 Å². The number of H-pyrrole nitrogens is 1. The van der Waals surface area contributed by atoms with E-state index < -0.39 is 16.2 Å². The molecule has 4 N–H and O–H groups in total. The van der Waals surface area contributed by atoms with E-state index in [1.807, 2.05) is 24.4 Å². The zero-order chi connectivity index (χ0) is 22.1. The third kappa shape index (κ3) is 3.86. The van der Waals surface area contributed by atoms with Crippen LogP contribution < -0.4 is 15.4 Å². The zero-order valence-electron chi connectivity index (χ0n) is 17.1. The van der Waals surface area contributed by atoms with Gasteiger partial charge in [0.15, 0.2) is 0 Å². The Hall–Kier alpha value is -3.62. The van der Waals surface area contributed by atoms with Gasteiger partial charge in [0.2, 0.25) is 10.0 Å². The van der Waals surface area contributed by atoms with Crippen molar-refractivity contribution < 1.29 is 13.2 Å². The van der Waals surface area contributed by atoms with E-state index in [1.54, 1.807) is 48.5 Å². The molecule has 1 aromatic heterocycles. The molecule has 0 unspecified atom stereocenters. The summed E-state index contributed by atoms with van der Waals surface area (Å²) in [5.74, 6) is -0.168. The van der Waals surface area contributed by atoms with Gasteiger partial charge in [-0.3, -0.25) is 4.79 Å². The monoisotopic (exact) mass is 446 g/mol. The van der Waals surface area contributed by atoms with E-state index in [4.69, 9.17) is 0 Å². The third-order valence-corrected chi connectivity index (χ3v) is 7.09. The van der Waals surface area contributed by atoms with Crippen molar-refractivity contribution >= 4 is 32.5 Å². The van der Waals surface area contributed by atoms with Crippen LogP contribution in [-0.4, -0.2) is 25.9 Å². The third-order valence-electron chi connectivity index (χ3n) is 5.61. The highest BCUT2D eigenvalue weighted by Gasteiger charge is 2.29. The van der Waals surface area contributed by atoms with Crippen molar-refractivity contribution in [3.05, 3.63) is 95.7 Å². The van der Waals surface area contributed by atoms with Crippen LogP contribution in [0.15, 0.2) is 83.9 Å². The number of carbonyl (C=O) groups is 1. The van der Waals surface area contributed by atoms with Crippen LogP contribution in [0, 0.1) is 0 Å². The lowest BCUT2D eigenvalue weighted by molar-refractivity contribution is 0.0954. The van der Waals surface area contributed by atoms with Crippen molar-refractivity contribution in [2.24, 2.45) is 0 Å². The topological polar surface area (TPSA) is 103 Å². The predicted molar refractivity (Wildman–Crippen MR) is 124 cm³/mol. The Balaban J connectivity index is 1.23. The number of aromatic amines is 1. The first-order valence-electron chi connectivity index (χ1n) is 10.3. The highest BCUT2D eigenvalue weighted by Crippen LogP contribution is 2.30. The van der Waals surface area contributed by atoms with Crippen LogP contribution in [0.4, 0.5) is 5.69 Å². The maximum absolute atomic E-state index is 12.5. The zero-order valence-corrected chi connectivity index (χ0v) is 17.9. The van der Waals surface area contributed by atoms with Crippen LogP contribution in [0.25, 0.3) is 10.9 Å². The van der Waals surface area contributed by atoms with E-state index in [2.05, 4.69) is 26.4 Å². The number of nitrogens with one attached hydrogen (secondary N) is 4. The summed E-state index contributed by atoms with van der Waals surface area (Å²) in [6.45, 7) is 0.517. The molecule has 0 bridgehead atoms. The standard InChI is InChI=1S/C24H22N4O3S/c29-24(25-14-13-18-15-26-20-6-2-1-5-19(18)20)17-11-9-16(10-12-17)23-27-21-7-3-4-8-22(21)32(30,31)28-23/h1-12,15,23,26-28H,13-14H2,(H,25,29)/t23-/m1/s1. The van der Waals surface area contributed by atoms with Crippen molar-refractivity contribution in [3.8, 4) is 0 Å². The van der Waals surface area contributed by atoms with E-state index in [1.165, 1.54) is 0 Å². The summed E-state index contributed by atoms with van der Waals surface area (Å²) in [6, 6.07) is 21.7. The second kappa shape index (κ2) is 8.14. The summed E-state index contributed by atoms with van der Waals surface area (Å²) < 4.78 is 27.7. The van der Waals surface area contributed by atoms with Crippen LogP contribution in [0.1, 0.15) is 27.7 Å².